The van der Waals surface area contributed by atoms with Gasteiger partial charge in [-0.1, -0.05) is 12.1 Å². The monoisotopic (exact) mass is 435 g/mol. The maximum absolute atomic E-state index is 13.1. The molecule has 7 heteroatoms. The number of phenolic OH excluding ortho intramolecular Hbond substituents is 1. The molecule has 2 N–H and O–H groups in total. The fourth-order valence-electron chi connectivity index (χ4n) is 3.84. The van der Waals surface area contributed by atoms with Crippen molar-refractivity contribution in [3.8, 4) is 11.5 Å². The van der Waals surface area contributed by atoms with Gasteiger partial charge in [0.1, 0.15) is 23.3 Å². The topological polar surface area (TPSA) is 87.1 Å². The molecule has 0 aliphatic carbocycles. The summed E-state index contributed by atoms with van der Waals surface area (Å²) in [7, 11) is 1.55. The zero-order valence-electron chi connectivity index (χ0n) is 17.2. The van der Waals surface area contributed by atoms with Crippen LogP contribution in [0.1, 0.15) is 27.6 Å². The van der Waals surface area contributed by atoms with Gasteiger partial charge < -0.3 is 14.9 Å². The molecule has 1 atom stereocenters. The molecule has 4 rings (SSSR count). The molecule has 1 fully saturated rings. The summed E-state index contributed by atoms with van der Waals surface area (Å²) in [5, 5.41) is 23.4. The molecule has 1 aromatic heterocycles. The van der Waals surface area contributed by atoms with E-state index in [0.717, 1.165) is 16.0 Å². The summed E-state index contributed by atoms with van der Waals surface area (Å²) in [5.74, 6) is -1.33. The Morgan fingerprint density at radius 3 is 2.42 bits per heavy atom. The number of rotatable bonds is 4. The Hall–Kier alpha value is -3.58. The number of aliphatic hydroxyl groups excluding tert-OH is 1. The molecule has 0 spiro atoms. The molecule has 0 radical (unpaired) electrons. The van der Waals surface area contributed by atoms with Crippen LogP contribution in [0.3, 0.4) is 0 Å². The van der Waals surface area contributed by atoms with Gasteiger partial charge in [-0.15, -0.1) is 11.3 Å². The first-order valence-electron chi connectivity index (χ1n) is 9.63. The van der Waals surface area contributed by atoms with Gasteiger partial charge in [-0.25, -0.2) is 0 Å². The van der Waals surface area contributed by atoms with E-state index in [1.165, 1.54) is 22.3 Å². The third-order valence-corrected chi connectivity index (χ3v) is 6.48. The van der Waals surface area contributed by atoms with Crippen molar-refractivity contribution in [1.82, 2.24) is 0 Å². The smallest absolute Gasteiger partial charge is 0.300 e. The first kappa shape index (κ1) is 20.7. The van der Waals surface area contributed by atoms with E-state index in [2.05, 4.69) is 0 Å². The first-order chi connectivity index (χ1) is 14.8. The minimum atomic E-state index is -0.851. The zero-order valence-corrected chi connectivity index (χ0v) is 18.1. The molecule has 158 valence electrons. The van der Waals surface area contributed by atoms with Crippen LogP contribution in [0.25, 0.3) is 5.76 Å². The van der Waals surface area contributed by atoms with Crippen molar-refractivity contribution >= 4 is 34.5 Å². The normalized spacial score (nSPS) is 17.9. The number of aliphatic hydroxyl groups is 1. The van der Waals surface area contributed by atoms with Crippen molar-refractivity contribution in [3.63, 3.8) is 0 Å². The number of aryl methyl sites for hydroxylation is 2. The summed E-state index contributed by atoms with van der Waals surface area (Å²) < 4.78 is 5.27. The predicted molar refractivity (Wildman–Crippen MR) is 120 cm³/mol. The largest absolute Gasteiger partial charge is 0.507 e. The number of thiophene rings is 1. The summed E-state index contributed by atoms with van der Waals surface area (Å²) in [6.45, 7) is 3.71. The van der Waals surface area contributed by atoms with E-state index in [9.17, 15) is 19.8 Å². The zero-order chi connectivity index (χ0) is 22.3. The molecule has 0 bridgehead atoms. The molecule has 31 heavy (non-hydrogen) atoms. The maximum atomic E-state index is 13.1. The number of carbonyl (C=O) groups excluding carboxylic acids is 2. The minimum Gasteiger partial charge on any atom is -0.507 e. The van der Waals surface area contributed by atoms with Crippen molar-refractivity contribution < 1.29 is 24.5 Å². The van der Waals surface area contributed by atoms with Crippen LogP contribution in [0.5, 0.6) is 11.5 Å². The second kappa shape index (κ2) is 7.92. The molecular weight excluding hydrogens is 414 g/mol. The average Bonchev–Trinajstić information content (AvgIpc) is 3.28. The number of nitrogens with zero attached hydrogens (tertiary/aromatic N) is 1. The number of para-hydroxylation sites is 2. The van der Waals surface area contributed by atoms with E-state index < -0.39 is 17.7 Å². The number of methoxy groups -OCH3 is 1. The number of hydrogen-bond acceptors (Lipinski definition) is 6. The second-order valence-corrected chi connectivity index (χ2v) is 8.26. The van der Waals surface area contributed by atoms with Crippen LogP contribution in [-0.2, 0) is 9.59 Å². The van der Waals surface area contributed by atoms with Gasteiger partial charge in [0.05, 0.1) is 18.4 Å². The standard InChI is InChI=1S/C24H21NO5S/c1-13-10-11-31-23(13)20-19(21(27)15-8-9-18(30-3)14(2)12-15)22(28)24(29)25(20)16-6-4-5-7-17(16)26/h4-12,20,26-27H,1-3H3/b21-19-. The van der Waals surface area contributed by atoms with Gasteiger partial charge in [0.2, 0.25) is 0 Å². The molecule has 1 unspecified atom stereocenters. The van der Waals surface area contributed by atoms with Crippen molar-refractivity contribution in [3.05, 3.63) is 81.1 Å². The Balaban J connectivity index is 1.96. The number of aromatic hydroxyl groups is 1. The number of hydrogen-bond donors (Lipinski definition) is 2. The van der Waals surface area contributed by atoms with Gasteiger partial charge in [0.25, 0.3) is 11.7 Å². The highest BCUT2D eigenvalue weighted by molar-refractivity contribution is 7.10. The minimum absolute atomic E-state index is 0.0108. The number of amides is 1. The van der Waals surface area contributed by atoms with E-state index >= 15 is 0 Å². The Bertz CT molecular complexity index is 1230. The number of anilines is 1. The number of Topliss-reactive ketones (excluding diaryl/α,β-unsaturated/α-hetero) is 1. The Morgan fingerprint density at radius 2 is 1.81 bits per heavy atom. The van der Waals surface area contributed by atoms with Gasteiger partial charge >= 0.3 is 0 Å². The third kappa shape index (κ3) is 3.37. The average molecular weight is 436 g/mol. The highest BCUT2D eigenvalue weighted by atomic mass is 32.1. The lowest BCUT2D eigenvalue weighted by Gasteiger charge is -2.25. The van der Waals surface area contributed by atoms with Gasteiger partial charge in [0.15, 0.2) is 0 Å². The van der Waals surface area contributed by atoms with Crippen molar-refractivity contribution in [2.75, 3.05) is 12.0 Å². The summed E-state index contributed by atoms with van der Waals surface area (Å²) in [6, 6.07) is 12.5. The maximum Gasteiger partial charge on any atom is 0.300 e. The van der Waals surface area contributed by atoms with Crippen molar-refractivity contribution in [2.24, 2.45) is 0 Å². The summed E-state index contributed by atoms with van der Waals surface area (Å²) in [4.78, 5) is 28.2. The van der Waals surface area contributed by atoms with Gasteiger partial charge in [0, 0.05) is 10.4 Å². The summed E-state index contributed by atoms with van der Waals surface area (Å²) >= 11 is 1.39. The Kier molecular flexibility index (Phi) is 5.29. The third-order valence-electron chi connectivity index (χ3n) is 5.40. The molecule has 2 aromatic carbocycles. The predicted octanol–water partition coefficient (Wildman–Crippen LogP) is 4.71. The van der Waals surface area contributed by atoms with Crippen LogP contribution in [-0.4, -0.2) is 29.0 Å². The highest BCUT2D eigenvalue weighted by Gasteiger charge is 2.48. The molecule has 1 saturated heterocycles. The van der Waals surface area contributed by atoms with Crippen molar-refractivity contribution in [1.29, 1.82) is 0 Å². The van der Waals surface area contributed by atoms with Crippen LogP contribution >= 0.6 is 11.3 Å². The van der Waals surface area contributed by atoms with Crippen LogP contribution < -0.4 is 9.64 Å². The number of ketones is 1. The molecule has 3 aromatic rings. The van der Waals surface area contributed by atoms with E-state index in [4.69, 9.17) is 4.74 Å². The van der Waals surface area contributed by atoms with Crippen molar-refractivity contribution in [2.45, 2.75) is 19.9 Å². The Labute approximate surface area is 183 Å². The lowest BCUT2D eigenvalue weighted by molar-refractivity contribution is -0.132. The fraction of sp³-hybridized carbons (Fsp3) is 0.167. The fourth-order valence-corrected chi connectivity index (χ4v) is 4.87. The summed E-state index contributed by atoms with van der Waals surface area (Å²) in [5.41, 5.74) is 2.28. The van der Waals surface area contributed by atoms with Crippen LogP contribution in [0, 0.1) is 13.8 Å². The number of benzene rings is 2. The first-order valence-corrected chi connectivity index (χ1v) is 10.5. The summed E-state index contributed by atoms with van der Waals surface area (Å²) in [6.07, 6.45) is 0. The SMILES string of the molecule is COc1ccc(/C(O)=C2/C(=O)C(=O)N(c3ccccc3O)C2c2sccc2C)cc1C. The number of ether oxygens (including phenoxy) is 1. The Morgan fingerprint density at radius 1 is 1.06 bits per heavy atom. The van der Waals surface area contributed by atoms with Gasteiger partial charge in [-0.05, 0) is 66.8 Å². The number of phenols is 1. The van der Waals surface area contributed by atoms with E-state index in [-0.39, 0.29) is 22.8 Å². The molecular formula is C24H21NO5S. The quantitative estimate of drug-likeness (QED) is 0.352. The van der Waals surface area contributed by atoms with E-state index in [1.54, 1.807) is 43.5 Å². The molecule has 1 aliphatic heterocycles. The lowest BCUT2D eigenvalue weighted by Crippen LogP contribution is -2.29. The highest BCUT2D eigenvalue weighted by Crippen LogP contribution is 2.46. The molecule has 1 amide bonds. The van der Waals surface area contributed by atoms with E-state index in [0.29, 0.717) is 11.3 Å². The number of carbonyl (C=O) groups is 2. The lowest BCUT2D eigenvalue weighted by atomic mass is 9.97. The van der Waals surface area contributed by atoms with Crippen LogP contribution in [0.2, 0.25) is 0 Å². The molecule has 6 nitrogen and oxygen atoms in total. The van der Waals surface area contributed by atoms with Gasteiger partial charge in [-0.3, -0.25) is 14.5 Å². The van der Waals surface area contributed by atoms with Crippen LogP contribution in [0.4, 0.5) is 5.69 Å². The van der Waals surface area contributed by atoms with Crippen LogP contribution in [0.15, 0.2) is 59.5 Å². The van der Waals surface area contributed by atoms with Gasteiger partial charge in [-0.2, -0.15) is 0 Å². The van der Waals surface area contributed by atoms with E-state index in [1.807, 2.05) is 25.3 Å². The molecule has 1 aliphatic rings. The second-order valence-electron chi connectivity index (χ2n) is 7.31. The molecule has 2 heterocycles. The molecule has 0 saturated carbocycles.